The SMILES string of the molecule is NC(=O)c1ccc(Nc2ccc3ccccc3c2)cc1. The molecule has 0 aliphatic carbocycles. The number of amides is 1. The van der Waals surface area contributed by atoms with Crippen LogP contribution in [-0.4, -0.2) is 5.91 Å². The van der Waals surface area contributed by atoms with Gasteiger partial charge in [0, 0.05) is 16.9 Å². The number of benzene rings is 3. The van der Waals surface area contributed by atoms with Crippen molar-refractivity contribution in [3.63, 3.8) is 0 Å². The Labute approximate surface area is 117 Å². The van der Waals surface area contributed by atoms with Gasteiger partial charge < -0.3 is 11.1 Å². The molecule has 0 saturated heterocycles. The first kappa shape index (κ1) is 12.2. The van der Waals surface area contributed by atoms with E-state index in [9.17, 15) is 4.79 Å². The molecule has 0 aliphatic heterocycles. The summed E-state index contributed by atoms with van der Waals surface area (Å²) in [4.78, 5) is 11.0. The van der Waals surface area contributed by atoms with Gasteiger partial charge in [-0.1, -0.05) is 30.3 Å². The number of hydrogen-bond acceptors (Lipinski definition) is 2. The van der Waals surface area contributed by atoms with Gasteiger partial charge in [0.15, 0.2) is 0 Å². The van der Waals surface area contributed by atoms with E-state index in [4.69, 9.17) is 5.73 Å². The van der Waals surface area contributed by atoms with Gasteiger partial charge in [-0.25, -0.2) is 0 Å². The van der Waals surface area contributed by atoms with Crippen molar-refractivity contribution in [3.05, 3.63) is 72.3 Å². The number of anilines is 2. The molecule has 1 amide bonds. The van der Waals surface area contributed by atoms with E-state index in [1.165, 1.54) is 10.8 Å². The van der Waals surface area contributed by atoms with Crippen LogP contribution in [0.15, 0.2) is 66.7 Å². The van der Waals surface area contributed by atoms with Crippen LogP contribution in [0.4, 0.5) is 11.4 Å². The Hall–Kier alpha value is -2.81. The lowest BCUT2D eigenvalue weighted by Gasteiger charge is -2.08. The van der Waals surface area contributed by atoms with Crippen LogP contribution >= 0.6 is 0 Å². The second-order valence-corrected chi connectivity index (χ2v) is 4.63. The maximum absolute atomic E-state index is 11.0. The number of carbonyl (C=O) groups is 1. The van der Waals surface area contributed by atoms with E-state index >= 15 is 0 Å². The molecule has 3 heteroatoms. The zero-order valence-electron chi connectivity index (χ0n) is 10.8. The number of fused-ring (bicyclic) bond motifs is 1. The summed E-state index contributed by atoms with van der Waals surface area (Å²) in [5.74, 6) is -0.415. The van der Waals surface area contributed by atoms with Crippen LogP contribution in [0.25, 0.3) is 10.8 Å². The highest BCUT2D eigenvalue weighted by Gasteiger charge is 2.00. The molecule has 0 unspecified atom stereocenters. The van der Waals surface area contributed by atoms with Crippen molar-refractivity contribution >= 4 is 28.1 Å². The summed E-state index contributed by atoms with van der Waals surface area (Å²) in [5, 5.41) is 5.71. The molecule has 20 heavy (non-hydrogen) atoms. The molecule has 0 radical (unpaired) electrons. The van der Waals surface area contributed by atoms with Crippen molar-refractivity contribution in [2.24, 2.45) is 5.73 Å². The molecule has 0 fully saturated rings. The van der Waals surface area contributed by atoms with Gasteiger partial charge in [0.25, 0.3) is 0 Å². The van der Waals surface area contributed by atoms with E-state index < -0.39 is 5.91 Å². The minimum atomic E-state index is -0.415. The molecule has 0 aliphatic rings. The van der Waals surface area contributed by atoms with Gasteiger partial charge in [0.1, 0.15) is 0 Å². The molecular weight excluding hydrogens is 248 g/mol. The van der Waals surface area contributed by atoms with E-state index in [-0.39, 0.29) is 0 Å². The molecule has 3 nitrogen and oxygen atoms in total. The minimum Gasteiger partial charge on any atom is -0.366 e. The summed E-state index contributed by atoms with van der Waals surface area (Å²) >= 11 is 0. The molecule has 0 atom stereocenters. The first-order chi connectivity index (χ1) is 9.72. The summed E-state index contributed by atoms with van der Waals surface area (Å²) in [6.07, 6.45) is 0. The number of primary amides is 1. The fourth-order valence-electron chi connectivity index (χ4n) is 2.15. The topological polar surface area (TPSA) is 55.1 Å². The minimum absolute atomic E-state index is 0.415. The van der Waals surface area contributed by atoms with Gasteiger partial charge in [-0.3, -0.25) is 4.79 Å². The number of carbonyl (C=O) groups excluding carboxylic acids is 1. The Morgan fingerprint density at radius 3 is 2.15 bits per heavy atom. The van der Waals surface area contributed by atoms with Crippen LogP contribution in [0.3, 0.4) is 0 Å². The van der Waals surface area contributed by atoms with Crippen LogP contribution in [0.2, 0.25) is 0 Å². The molecule has 3 rings (SSSR count). The largest absolute Gasteiger partial charge is 0.366 e. The molecule has 3 N–H and O–H groups in total. The fourth-order valence-corrected chi connectivity index (χ4v) is 2.15. The molecule has 98 valence electrons. The predicted molar refractivity (Wildman–Crippen MR) is 82.2 cm³/mol. The number of nitrogens with two attached hydrogens (primary N) is 1. The van der Waals surface area contributed by atoms with Gasteiger partial charge in [-0.05, 0) is 47.2 Å². The molecule has 3 aromatic carbocycles. The average Bonchev–Trinajstić information content (AvgIpc) is 2.48. The van der Waals surface area contributed by atoms with Gasteiger partial charge >= 0.3 is 0 Å². The lowest BCUT2D eigenvalue weighted by molar-refractivity contribution is 0.100. The highest BCUT2D eigenvalue weighted by Crippen LogP contribution is 2.22. The standard InChI is InChI=1S/C17H14N2O/c18-17(20)13-6-8-15(9-7-13)19-16-10-5-12-3-1-2-4-14(12)11-16/h1-11,19H,(H2,18,20). The Balaban J connectivity index is 1.87. The van der Waals surface area contributed by atoms with Gasteiger partial charge in [0.2, 0.25) is 5.91 Å². The normalized spacial score (nSPS) is 10.4. The zero-order chi connectivity index (χ0) is 13.9. The van der Waals surface area contributed by atoms with E-state index in [0.717, 1.165) is 11.4 Å². The summed E-state index contributed by atoms with van der Waals surface area (Å²) in [5.41, 5.74) is 7.66. The van der Waals surface area contributed by atoms with E-state index in [2.05, 4.69) is 29.6 Å². The smallest absolute Gasteiger partial charge is 0.248 e. The Morgan fingerprint density at radius 2 is 1.45 bits per heavy atom. The maximum Gasteiger partial charge on any atom is 0.248 e. The second kappa shape index (κ2) is 5.05. The zero-order valence-corrected chi connectivity index (χ0v) is 10.8. The number of rotatable bonds is 3. The van der Waals surface area contributed by atoms with Crippen molar-refractivity contribution in [2.75, 3.05) is 5.32 Å². The monoisotopic (exact) mass is 262 g/mol. The van der Waals surface area contributed by atoms with Crippen LogP contribution in [0.5, 0.6) is 0 Å². The Morgan fingerprint density at radius 1 is 0.800 bits per heavy atom. The van der Waals surface area contributed by atoms with Gasteiger partial charge in [-0.15, -0.1) is 0 Å². The van der Waals surface area contributed by atoms with Crippen LogP contribution < -0.4 is 11.1 Å². The first-order valence-electron chi connectivity index (χ1n) is 6.38. The van der Waals surface area contributed by atoms with E-state index in [0.29, 0.717) is 5.56 Å². The summed E-state index contributed by atoms with van der Waals surface area (Å²) < 4.78 is 0. The quantitative estimate of drug-likeness (QED) is 0.756. The molecule has 0 aromatic heterocycles. The molecule has 0 heterocycles. The Bertz CT molecular complexity index is 763. The summed E-state index contributed by atoms with van der Waals surface area (Å²) in [6.45, 7) is 0. The lowest BCUT2D eigenvalue weighted by Crippen LogP contribution is -2.10. The van der Waals surface area contributed by atoms with E-state index in [1.807, 2.05) is 30.3 Å². The van der Waals surface area contributed by atoms with Crippen LogP contribution in [0, 0.1) is 0 Å². The number of hydrogen-bond donors (Lipinski definition) is 2. The van der Waals surface area contributed by atoms with Crippen molar-refractivity contribution < 1.29 is 4.79 Å². The third kappa shape index (κ3) is 2.47. The van der Waals surface area contributed by atoms with Crippen LogP contribution in [-0.2, 0) is 0 Å². The fraction of sp³-hybridized carbons (Fsp3) is 0. The number of nitrogens with one attached hydrogen (secondary N) is 1. The van der Waals surface area contributed by atoms with E-state index in [1.54, 1.807) is 12.1 Å². The molecule has 0 spiro atoms. The first-order valence-corrected chi connectivity index (χ1v) is 6.38. The third-order valence-electron chi connectivity index (χ3n) is 3.21. The van der Waals surface area contributed by atoms with Crippen molar-refractivity contribution in [3.8, 4) is 0 Å². The lowest BCUT2D eigenvalue weighted by atomic mass is 10.1. The van der Waals surface area contributed by atoms with Gasteiger partial charge in [0.05, 0.1) is 0 Å². The molecular formula is C17H14N2O. The highest BCUT2D eigenvalue weighted by atomic mass is 16.1. The van der Waals surface area contributed by atoms with Crippen molar-refractivity contribution in [2.45, 2.75) is 0 Å². The predicted octanol–water partition coefficient (Wildman–Crippen LogP) is 3.68. The highest BCUT2D eigenvalue weighted by molar-refractivity contribution is 5.93. The van der Waals surface area contributed by atoms with Crippen molar-refractivity contribution in [1.29, 1.82) is 0 Å². The third-order valence-corrected chi connectivity index (χ3v) is 3.21. The molecule has 3 aromatic rings. The molecule has 0 bridgehead atoms. The molecule has 0 saturated carbocycles. The summed E-state index contributed by atoms with van der Waals surface area (Å²) in [7, 11) is 0. The van der Waals surface area contributed by atoms with Crippen molar-refractivity contribution in [1.82, 2.24) is 0 Å². The Kier molecular flexibility index (Phi) is 3.09. The van der Waals surface area contributed by atoms with Gasteiger partial charge in [-0.2, -0.15) is 0 Å². The maximum atomic E-state index is 11.0. The average molecular weight is 262 g/mol. The van der Waals surface area contributed by atoms with Crippen LogP contribution in [0.1, 0.15) is 10.4 Å². The second-order valence-electron chi connectivity index (χ2n) is 4.63. The summed E-state index contributed by atoms with van der Waals surface area (Å²) in [6, 6.07) is 21.5.